The summed E-state index contributed by atoms with van der Waals surface area (Å²) in [7, 11) is 0. The van der Waals surface area contributed by atoms with Crippen LogP contribution < -0.4 is 4.74 Å². The van der Waals surface area contributed by atoms with Crippen LogP contribution in [0.2, 0.25) is 0 Å². The van der Waals surface area contributed by atoms with Crippen molar-refractivity contribution in [3.05, 3.63) is 66.4 Å². The fourth-order valence-electron chi connectivity index (χ4n) is 2.43. The van der Waals surface area contributed by atoms with Crippen molar-refractivity contribution in [2.24, 2.45) is 0 Å². The third-order valence-electron chi connectivity index (χ3n) is 3.54. The van der Waals surface area contributed by atoms with Gasteiger partial charge in [0.15, 0.2) is 0 Å². The molecule has 22 heavy (non-hydrogen) atoms. The number of aliphatic hydroxyl groups is 1. The summed E-state index contributed by atoms with van der Waals surface area (Å²) in [6.07, 6.45) is 2.56. The maximum absolute atomic E-state index is 10.2. The molecule has 4 rings (SSSR count). The van der Waals surface area contributed by atoms with E-state index in [-0.39, 0.29) is 0 Å². The van der Waals surface area contributed by atoms with Gasteiger partial charge in [-0.1, -0.05) is 53.7 Å². The van der Waals surface area contributed by atoms with Crippen LogP contribution in [-0.2, 0) is 0 Å². The predicted octanol–water partition coefficient (Wildman–Crippen LogP) is 2.65. The highest BCUT2D eigenvalue weighted by Gasteiger charge is 2.22. The van der Waals surface area contributed by atoms with Gasteiger partial charge in [-0.3, -0.25) is 0 Å². The number of nitrogens with zero attached hydrogens (tertiary/aromatic N) is 3. The molecule has 1 N–H and O–H groups in total. The lowest BCUT2D eigenvalue weighted by atomic mass is 10.1. The van der Waals surface area contributed by atoms with Gasteiger partial charge in [0.1, 0.15) is 17.1 Å². The molecule has 2 heterocycles. The number of benzene rings is 2. The Kier molecular flexibility index (Phi) is 2.98. The van der Waals surface area contributed by atoms with Crippen LogP contribution in [0.5, 0.6) is 5.75 Å². The Morgan fingerprint density at radius 3 is 2.64 bits per heavy atom. The second-order valence-electron chi connectivity index (χ2n) is 4.99. The van der Waals surface area contributed by atoms with E-state index in [2.05, 4.69) is 10.3 Å². The molecule has 1 aliphatic rings. The molecular weight excluding hydrogens is 278 g/mol. The highest BCUT2D eigenvalue weighted by atomic mass is 16.6. The van der Waals surface area contributed by atoms with Crippen molar-refractivity contribution in [1.29, 1.82) is 0 Å². The molecule has 0 spiro atoms. The lowest BCUT2D eigenvalue weighted by Crippen LogP contribution is -2.24. The van der Waals surface area contributed by atoms with E-state index in [9.17, 15) is 5.11 Å². The molecule has 0 saturated carbocycles. The molecule has 5 nitrogen and oxygen atoms in total. The third-order valence-corrected chi connectivity index (χ3v) is 3.54. The van der Waals surface area contributed by atoms with E-state index >= 15 is 0 Å². The van der Waals surface area contributed by atoms with E-state index < -0.39 is 6.29 Å². The second kappa shape index (κ2) is 5.13. The van der Waals surface area contributed by atoms with E-state index in [1.165, 1.54) is 0 Å². The van der Waals surface area contributed by atoms with Gasteiger partial charge in [0, 0.05) is 11.1 Å². The first-order valence-corrected chi connectivity index (χ1v) is 6.95. The van der Waals surface area contributed by atoms with Gasteiger partial charge < -0.3 is 9.84 Å². The molecule has 1 aliphatic heterocycles. The van der Waals surface area contributed by atoms with Crippen molar-refractivity contribution in [1.82, 2.24) is 15.0 Å². The van der Waals surface area contributed by atoms with Gasteiger partial charge in [0.25, 0.3) is 0 Å². The smallest absolute Gasteiger partial charge is 0.241 e. The van der Waals surface area contributed by atoms with Crippen LogP contribution in [0, 0.1) is 0 Å². The number of hydrogen-bond acceptors (Lipinski definition) is 4. The maximum Gasteiger partial charge on any atom is 0.241 e. The summed E-state index contributed by atoms with van der Waals surface area (Å²) in [6.45, 7) is 0. The predicted molar refractivity (Wildman–Crippen MR) is 82.7 cm³/mol. The summed E-state index contributed by atoms with van der Waals surface area (Å²) in [5.41, 5.74) is 3.15. The summed E-state index contributed by atoms with van der Waals surface area (Å²) in [5.74, 6) is 0.655. The summed E-state index contributed by atoms with van der Waals surface area (Å²) < 4.78 is 7.06. The Balaban J connectivity index is 1.74. The SMILES string of the molecule is OC1Oc2ccccc2C=C1n1cc(-c2ccccc2)nn1. The normalized spacial score (nSPS) is 16.6. The molecule has 1 atom stereocenters. The quantitative estimate of drug-likeness (QED) is 0.788. The van der Waals surface area contributed by atoms with Gasteiger partial charge in [0.2, 0.25) is 6.29 Å². The number of aromatic nitrogens is 3. The zero-order valence-corrected chi connectivity index (χ0v) is 11.6. The van der Waals surface area contributed by atoms with Crippen molar-refractivity contribution in [2.45, 2.75) is 6.29 Å². The second-order valence-corrected chi connectivity index (χ2v) is 4.99. The lowest BCUT2D eigenvalue weighted by molar-refractivity contribution is 0.0267. The largest absolute Gasteiger partial charge is 0.458 e. The number of rotatable bonds is 2. The van der Waals surface area contributed by atoms with Crippen LogP contribution in [0.1, 0.15) is 5.56 Å². The van der Waals surface area contributed by atoms with Crippen LogP contribution >= 0.6 is 0 Å². The molecule has 0 radical (unpaired) electrons. The van der Waals surface area contributed by atoms with E-state index in [4.69, 9.17) is 4.74 Å². The summed E-state index contributed by atoms with van der Waals surface area (Å²) in [6, 6.07) is 17.3. The molecule has 0 saturated heterocycles. The zero-order valence-electron chi connectivity index (χ0n) is 11.6. The van der Waals surface area contributed by atoms with Crippen LogP contribution in [-0.4, -0.2) is 26.4 Å². The van der Waals surface area contributed by atoms with Gasteiger partial charge in [-0.25, -0.2) is 4.68 Å². The fourth-order valence-corrected chi connectivity index (χ4v) is 2.43. The molecule has 3 aromatic rings. The van der Waals surface area contributed by atoms with E-state index in [1.807, 2.05) is 60.7 Å². The van der Waals surface area contributed by atoms with Crippen LogP contribution in [0.15, 0.2) is 60.8 Å². The van der Waals surface area contributed by atoms with Gasteiger partial charge in [-0.2, -0.15) is 0 Å². The monoisotopic (exact) mass is 291 g/mol. The van der Waals surface area contributed by atoms with Crippen molar-refractivity contribution in [3.8, 4) is 17.0 Å². The number of aliphatic hydroxyl groups excluding tert-OH is 1. The molecule has 1 aromatic heterocycles. The summed E-state index contributed by atoms with van der Waals surface area (Å²) in [4.78, 5) is 0. The van der Waals surface area contributed by atoms with Crippen molar-refractivity contribution >= 4 is 11.8 Å². The molecular formula is C17H13N3O2. The average Bonchev–Trinajstić information content (AvgIpc) is 3.05. The number of para-hydroxylation sites is 1. The number of ether oxygens (including phenoxy) is 1. The molecule has 0 bridgehead atoms. The standard InChI is InChI=1S/C17H13N3O2/c21-17-15(10-13-8-4-5-9-16(13)22-17)20-11-14(18-19-20)12-6-2-1-3-7-12/h1-11,17,21H. The minimum atomic E-state index is -1.07. The Morgan fingerprint density at radius 1 is 1.00 bits per heavy atom. The third kappa shape index (κ3) is 2.17. The van der Waals surface area contributed by atoms with Crippen molar-refractivity contribution in [3.63, 3.8) is 0 Å². The molecule has 0 amide bonds. The Morgan fingerprint density at radius 2 is 1.77 bits per heavy atom. The highest BCUT2D eigenvalue weighted by Crippen LogP contribution is 2.30. The molecule has 5 heteroatoms. The van der Waals surface area contributed by atoms with Crippen LogP contribution in [0.4, 0.5) is 0 Å². The number of hydrogen-bond donors (Lipinski definition) is 1. The molecule has 1 unspecified atom stereocenters. The van der Waals surface area contributed by atoms with E-state index in [0.717, 1.165) is 16.8 Å². The first-order chi connectivity index (χ1) is 10.8. The zero-order chi connectivity index (χ0) is 14.9. The summed E-state index contributed by atoms with van der Waals surface area (Å²) >= 11 is 0. The topological polar surface area (TPSA) is 60.2 Å². The van der Waals surface area contributed by atoms with Gasteiger partial charge in [-0.15, -0.1) is 5.10 Å². The summed E-state index contributed by atoms with van der Waals surface area (Å²) in [5, 5.41) is 18.4. The number of fused-ring (bicyclic) bond motifs is 1. The first kappa shape index (κ1) is 12.8. The van der Waals surface area contributed by atoms with E-state index in [1.54, 1.807) is 10.9 Å². The first-order valence-electron chi connectivity index (χ1n) is 6.95. The molecule has 0 fully saturated rings. The minimum Gasteiger partial charge on any atom is -0.458 e. The maximum atomic E-state index is 10.2. The molecule has 108 valence electrons. The Bertz CT molecular complexity index is 840. The van der Waals surface area contributed by atoms with Gasteiger partial charge >= 0.3 is 0 Å². The lowest BCUT2D eigenvalue weighted by Gasteiger charge is -2.22. The Labute approximate surface area is 127 Å². The average molecular weight is 291 g/mol. The van der Waals surface area contributed by atoms with E-state index in [0.29, 0.717) is 11.4 Å². The highest BCUT2D eigenvalue weighted by molar-refractivity contribution is 5.77. The van der Waals surface area contributed by atoms with Crippen LogP contribution in [0.25, 0.3) is 23.0 Å². The fraction of sp³-hybridized carbons (Fsp3) is 0.0588. The Hall–Kier alpha value is -2.92. The van der Waals surface area contributed by atoms with Gasteiger partial charge in [-0.05, 0) is 12.1 Å². The van der Waals surface area contributed by atoms with Crippen molar-refractivity contribution in [2.75, 3.05) is 0 Å². The molecule has 2 aromatic carbocycles. The molecule has 0 aliphatic carbocycles. The van der Waals surface area contributed by atoms with Gasteiger partial charge in [0.05, 0.1) is 6.20 Å². The van der Waals surface area contributed by atoms with Crippen LogP contribution in [0.3, 0.4) is 0 Å². The van der Waals surface area contributed by atoms with Crippen molar-refractivity contribution < 1.29 is 9.84 Å². The minimum absolute atomic E-state index is 0.536.